The van der Waals surface area contributed by atoms with Gasteiger partial charge in [0.05, 0.1) is 25.1 Å². The van der Waals surface area contributed by atoms with Crippen LogP contribution in [0.25, 0.3) is 0 Å². The minimum absolute atomic E-state index is 0.104. The smallest absolute Gasteiger partial charge is 0.267 e. The predicted octanol–water partition coefficient (Wildman–Crippen LogP) is 2.58. The van der Waals surface area contributed by atoms with Crippen LogP contribution in [0.4, 0.5) is 0 Å². The lowest BCUT2D eigenvalue weighted by atomic mass is 10.1. The highest BCUT2D eigenvalue weighted by molar-refractivity contribution is 7.86. The van der Waals surface area contributed by atoms with Crippen molar-refractivity contribution in [1.29, 1.82) is 0 Å². The maximum Gasteiger partial charge on any atom is 0.267 e. The summed E-state index contributed by atoms with van der Waals surface area (Å²) in [5.74, 6) is -2.95. The molecule has 13 heteroatoms. The van der Waals surface area contributed by atoms with E-state index in [1.54, 1.807) is 41.5 Å². The van der Waals surface area contributed by atoms with Gasteiger partial charge in [-0.15, -0.1) is 0 Å². The van der Waals surface area contributed by atoms with Gasteiger partial charge in [-0.3, -0.25) is 4.18 Å². The second-order valence-electron chi connectivity index (χ2n) is 12.5. The highest BCUT2D eigenvalue weighted by atomic mass is 32.2. The van der Waals surface area contributed by atoms with Crippen LogP contribution in [0.1, 0.15) is 53.5 Å². The SMILES string of the molecule is CC1(C)OCC(C2OC3OC(C)(C)OC3C2OS(=O)(=O)CCC2OC3OC(C)(C)OC3C2OCc2ccccc2)O1. The Bertz CT molecular complexity index is 1190. The van der Waals surface area contributed by atoms with Crippen LogP contribution < -0.4 is 0 Å². The molecule has 5 saturated heterocycles. The second-order valence-corrected chi connectivity index (χ2v) is 14.2. The number of fused-ring (bicyclic) bond motifs is 2. The Morgan fingerprint density at radius 1 is 0.780 bits per heavy atom. The lowest BCUT2D eigenvalue weighted by Crippen LogP contribution is -2.45. The standard InChI is InChI=1S/C28H40O12S/c1-26(2)32-15-18(35-26)20-21(23-25(34-20)39-28(5,6)37-23)40-41(29,30)13-12-17-19(31-14-16-10-8-7-9-11-16)22-24(33-17)38-27(3,4)36-22/h7-11,17-25H,12-15H2,1-6H3. The quantitative estimate of drug-likeness (QED) is 0.387. The summed E-state index contributed by atoms with van der Waals surface area (Å²) < 4.78 is 86.6. The first-order valence-electron chi connectivity index (χ1n) is 14.1. The molecule has 0 bridgehead atoms. The van der Waals surface area contributed by atoms with Crippen molar-refractivity contribution in [2.24, 2.45) is 0 Å². The van der Waals surface area contributed by atoms with E-state index in [0.717, 1.165) is 5.56 Å². The molecule has 9 unspecified atom stereocenters. The lowest BCUT2D eigenvalue weighted by molar-refractivity contribution is -0.230. The van der Waals surface area contributed by atoms with E-state index < -0.39 is 82.8 Å². The van der Waals surface area contributed by atoms with Gasteiger partial charge in [0.1, 0.15) is 36.6 Å². The zero-order valence-electron chi connectivity index (χ0n) is 24.2. The fraction of sp³-hybridized carbons (Fsp3) is 0.786. The number of hydrogen-bond donors (Lipinski definition) is 0. The molecular formula is C28H40O12S. The third kappa shape index (κ3) is 6.50. The molecule has 9 atom stereocenters. The zero-order valence-corrected chi connectivity index (χ0v) is 25.0. The van der Waals surface area contributed by atoms with Gasteiger partial charge >= 0.3 is 0 Å². The molecule has 230 valence electrons. The Labute approximate surface area is 240 Å². The molecule has 5 heterocycles. The Morgan fingerprint density at radius 3 is 2.05 bits per heavy atom. The van der Waals surface area contributed by atoms with E-state index in [0.29, 0.717) is 6.61 Å². The Balaban J connectivity index is 1.13. The van der Waals surface area contributed by atoms with E-state index in [-0.39, 0.29) is 18.8 Å². The van der Waals surface area contributed by atoms with E-state index in [2.05, 4.69) is 0 Å². The minimum Gasteiger partial charge on any atom is -0.368 e. The number of benzene rings is 1. The molecule has 12 nitrogen and oxygen atoms in total. The molecular weight excluding hydrogens is 560 g/mol. The first-order chi connectivity index (χ1) is 19.2. The van der Waals surface area contributed by atoms with Gasteiger partial charge in [-0.2, -0.15) is 8.42 Å². The third-order valence-electron chi connectivity index (χ3n) is 7.71. The van der Waals surface area contributed by atoms with E-state index in [4.69, 9.17) is 46.8 Å². The fourth-order valence-electron chi connectivity index (χ4n) is 6.02. The minimum atomic E-state index is -4.09. The van der Waals surface area contributed by atoms with Crippen LogP contribution in [0, 0.1) is 0 Å². The van der Waals surface area contributed by atoms with Crippen molar-refractivity contribution in [1.82, 2.24) is 0 Å². The first kappa shape index (κ1) is 29.8. The van der Waals surface area contributed by atoms with Crippen LogP contribution in [-0.4, -0.2) is 93.4 Å². The molecule has 1 aromatic rings. The van der Waals surface area contributed by atoms with Crippen molar-refractivity contribution in [3.8, 4) is 0 Å². The van der Waals surface area contributed by atoms with Crippen molar-refractivity contribution >= 4 is 10.1 Å². The molecule has 0 aliphatic carbocycles. The summed E-state index contributed by atoms with van der Waals surface area (Å²) in [5.41, 5.74) is 0.980. The summed E-state index contributed by atoms with van der Waals surface area (Å²) in [6, 6.07) is 9.71. The summed E-state index contributed by atoms with van der Waals surface area (Å²) in [5, 5.41) is 0. The topological polar surface area (TPSA) is 126 Å². The summed E-state index contributed by atoms with van der Waals surface area (Å²) in [6.07, 6.45) is -6.07. The molecule has 1 aromatic carbocycles. The molecule has 41 heavy (non-hydrogen) atoms. The summed E-state index contributed by atoms with van der Waals surface area (Å²) >= 11 is 0. The second kappa shape index (κ2) is 10.7. The van der Waals surface area contributed by atoms with Crippen molar-refractivity contribution in [2.45, 2.75) is 127 Å². The van der Waals surface area contributed by atoms with Crippen molar-refractivity contribution in [2.75, 3.05) is 12.4 Å². The fourth-order valence-corrected chi connectivity index (χ4v) is 7.19. The van der Waals surface area contributed by atoms with E-state index in [1.807, 2.05) is 30.3 Å². The van der Waals surface area contributed by atoms with Gasteiger partial charge in [0, 0.05) is 0 Å². The van der Waals surface area contributed by atoms with Crippen molar-refractivity contribution in [3.05, 3.63) is 35.9 Å². The zero-order chi connectivity index (χ0) is 29.2. The maximum absolute atomic E-state index is 13.4. The molecule has 0 radical (unpaired) electrons. The molecule has 0 saturated carbocycles. The molecule has 0 amide bonds. The van der Waals surface area contributed by atoms with Gasteiger partial charge in [0.15, 0.2) is 29.9 Å². The highest BCUT2D eigenvalue weighted by Gasteiger charge is 2.60. The van der Waals surface area contributed by atoms with Crippen LogP contribution in [-0.2, 0) is 63.5 Å². The molecule has 0 N–H and O–H groups in total. The average molecular weight is 601 g/mol. The summed E-state index contributed by atoms with van der Waals surface area (Å²) in [4.78, 5) is 0. The molecule has 0 spiro atoms. The third-order valence-corrected chi connectivity index (χ3v) is 8.96. The average Bonchev–Trinajstić information content (AvgIpc) is 3.63. The van der Waals surface area contributed by atoms with Crippen LogP contribution in [0.3, 0.4) is 0 Å². The number of hydrogen-bond acceptors (Lipinski definition) is 12. The van der Waals surface area contributed by atoms with E-state index in [1.165, 1.54) is 0 Å². The first-order valence-corrected chi connectivity index (χ1v) is 15.7. The van der Waals surface area contributed by atoms with Gasteiger partial charge in [-0.1, -0.05) is 30.3 Å². The molecule has 5 aliphatic heterocycles. The summed E-state index contributed by atoms with van der Waals surface area (Å²) in [6.45, 7) is 11.2. The van der Waals surface area contributed by atoms with Crippen molar-refractivity contribution < 1.29 is 55.2 Å². The maximum atomic E-state index is 13.4. The van der Waals surface area contributed by atoms with E-state index >= 15 is 0 Å². The predicted molar refractivity (Wildman–Crippen MR) is 141 cm³/mol. The largest absolute Gasteiger partial charge is 0.368 e. The molecule has 5 aliphatic rings. The molecule has 0 aromatic heterocycles. The number of ether oxygens (including phenoxy) is 9. The Kier molecular flexibility index (Phi) is 7.81. The summed E-state index contributed by atoms with van der Waals surface area (Å²) in [7, 11) is -4.09. The number of rotatable bonds is 9. The van der Waals surface area contributed by atoms with Crippen LogP contribution in [0.5, 0.6) is 0 Å². The van der Waals surface area contributed by atoms with E-state index in [9.17, 15) is 8.42 Å². The van der Waals surface area contributed by atoms with Gasteiger partial charge in [-0.05, 0) is 53.5 Å². The Morgan fingerprint density at radius 2 is 1.41 bits per heavy atom. The van der Waals surface area contributed by atoms with Crippen LogP contribution in [0.15, 0.2) is 30.3 Å². The van der Waals surface area contributed by atoms with Gasteiger partial charge < -0.3 is 42.6 Å². The monoisotopic (exact) mass is 600 g/mol. The highest BCUT2D eigenvalue weighted by Crippen LogP contribution is 2.43. The Hall–Kier alpha value is -1.23. The van der Waals surface area contributed by atoms with Gasteiger partial charge in [0.25, 0.3) is 10.1 Å². The van der Waals surface area contributed by atoms with Crippen LogP contribution >= 0.6 is 0 Å². The van der Waals surface area contributed by atoms with Crippen molar-refractivity contribution in [3.63, 3.8) is 0 Å². The lowest BCUT2D eigenvalue weighted by Gasteiger charge is -2.29. The van der Waals surface area contributed by atoms with Crippen LogP contribution in [0.2, 0.25) is 0 Å². The van der Waals surface area contributed by atoms with Gasteiger partial charge in [0.2, 0.25) is 0 Å². The normalized spacial score (nSPS) is 40.6. The molecule has 5 fully saturated rings. The van der Waals surface area contributed by atoms with Gasteiger partial charge in [-0.25, -0.2) is 0 Å². The molecule has 6 rings (SSSR count).